The lowest BCUT2D eigenvalue weighted by molar-refractivity contribution is 0.195. The monoisotopic (exact) mass is 301 g/mol. The summed E-state index contributed by atoms with van der Waals surface area (Å²) in [6.07, 6.45) is 1.14. The number of aliphatic hydroxyl groups is 1. The molecule has 0 spiro atoms. The molecule has 21 heavy (non-hydrogen) atoms. The van der Waals surface area contributed by atoms with Gasteiger partial charge in [-0.15, -0.1) is 0 Å². The van der Waals surface area contributed by atoms with E-state index in [9.17, 15) is 5.11 Å². The van der Waals surface area contributed by atoms with Crippen molar-refractivity contribution in [2.45, 2.75) is 23.2 Å². The summed E-state index contributed by atoms with van der Waals surface area (Å²) in [6, 6.07) is 9.37. The number of nitrogens with one attached hydrogen (secondary N) is 1. The van der Waals surface area contributed by atoms with E-state index in [0.29, 0.717) is 0 Å². The molecule has 108 valence electrons. The largest absolute Gasteiger partial charge is 0.497 e. The predicted molar refractivity (Wildman–Crippen MR) is 81.6 cm³/mol. The molecule has 5 nitrogen and oxygen atoms in total. The van der Waals surface area contributed by atoms with Crippen LogP contribution in [-0.4, -0.2) is 27.2 Å². The first kappa shape index (κ1) is 13.9. The minimum absolute atomic E-state index is 0.564. The van der Waals surface area contributed by atoms with E-state index in [0.717, 1.165) is 32.5 Å². The number of rotatable bonds is 4. The number of hydrogen-bond donors (Lipinski definition) is 2. The van der Waals surface area contributed by atoms with Crippen LogP contribution in [0, 0.1) is 0 Å². The number of pyridine rings is 1. The number of aliphatic hydroxyl groups excluding tert-OH is 1. The molecule has 3 aromatic rings. The molecule has 0 saturated carbocycles. The fraction of sp³-hybridized carbons (Fsp3) is 0.200. The van der Waals surface area contributed by atoms with Crippen LogP contribution >= 0.6 is 11.8 Å². The first-order valence-corrected chi connectivity index (χ1v) is 7.33. The van der Waals surface area contributed by atoms with Gasteiger partial charge in [-0.1, -0.05) is 6.07 Å². The van der Waals surface area contributed by atoms with E-state index < -0.39 is 6.10 Å². The van der Waals surface area contributed by atoms with Gasteiger partial charge in [0.25, 0.3) is 0 Å². The molecule has 0 saturated heterocycles. The Morgan fingerprint density at radius 2 is 2.19 bits per heavy atom. The van der Waals surface area contributed by atoms with Crippen molar-refractivity contribution in [1.29, 1.82) is 0 Å². The van der Waals surface area contributed by atoms with Crippen molar-refractivity contribution in [2.24, 2.45) is 0 Å². The Labute approximate surface area is 126 Å². The fourth-order valence-corrected chi connectivity index (χ4v) is 3.00. The quantitative estimate of drug-likeness (QED) is 0.774. The molecule has 2 aromatic heterocycles. The number of nitrogens with zero attached hydrogens (tertiary/aromatic N) is 2. The molecule has 3 rings (SSSR count). The Balaban J connectivity index is 1.95. The van der Waals surface area contributed by atoms with Crippen molar-refractivity contribution < 1.29 is 9.84 Å². The molecule has 0 fully saturated rings. The maximum atomic E-state index is 9.79. The highest BCUT2D eigenvalue weighted by Gasteiger charge is 2.12. The lowest BCUT2D eigenvalue weighted by Gasteiger charge is -2.08. The highest BCUT2D eigenvalue weighted by atomic mass is 32.2. The molecule has 0 amide bonds. The third kappa shape index (κ3) is 2.86. The number of fused-ring (bicyclic) bond motifs is 1. The van der Waals surface area contributed by atoms with Gasteiger partial charge in [-0.2, -0.15) is 0 Å². The topological polar surface area (TPSA) is 71.0 Å². The summed E-state index contributed by atoms with van der Waals surface area (Å²) in [5, 5.41) is 11.3. The number of ether oxygens (including phenoxy) is 1. The van der Waals surface area contributed by atoms with Crippen LogP contribution in [0.1, 0.15) is 18.6 Å². The number of methoxy groups -OCH3 is 1. The Morgan fingerprint density at radius 1 is 1.33 bits per heavy atom. The Morgan fingerprint density at radius 3 is 2.95 bits per heavy atom. The zero-order chi connectivity index (χ0) is 14.8. The maximum absolute atomic E-state index is 9.79. The molecule has 0 aliphatic heterocycles. The lowest BCUT2D eigenvalue weighted by Crippen LogP contribution is -1.96. The molecule has 0 aliphatic carbocycles. The third-order valence-electron chi connectivity index (χ3n) is 3.11. The minimum Gasteiger partial charge on any atom is -0.497 e. The minimum atomic E-state index is -0.564. The van der Waals surface area contributed by atoms with Crippen molar-refractivity contribution in [1.82, 2.24) is 15.0 Å². The van der Waals surface area contributed by atoms with Crippen LogP contribution in [0.4, 0.5) is 0 Å². The van der Waals surface area contributed by atoms with E-state index in [4.69, 9.17) is 4.74 Å². The van der Waals surface area contributed by atoms with Gasteiger partial charge < -0.3 is 14.8 Å². The van der Waals surface area contributed by atoms with Crippen molar-refractivity contribution in [3.63, 3.8) is 0 Å². The highest BCUT2D eigenvalue weighted by Crippen LogP contribution is 2.31. The molecule has 0 bridgehead atoms. The number of benzene rings is 1. The Kier molecular flexibility index (Phi) is 3.81. The van der Waals surface area contributed by atoms with E-state index in [1.165, 1.54) is 11.8 Å². The van der Waals surface area contributed by atoms with Gasteiger partial charge in [0, 0.05) is 17.8 Å². The fourth-order valence-electron chi connectivity index (χ4n) is 2.04. The molecule has 2 heterocycles. The van der Waals surface area contributed by atoms with E-state index in [-0.39, 0.29) is 0 Å². The van der Waals surface area contributed by atoms with E-state index in [2.05, 4.69) is 15.0 Å². The molecule has 2 N–H and O–H groups in total. The number of aromatic nitrogens is 3. The van der Waals surface area contributed by atoms with Gasteiger partial charge in [-0.05, 0) is 36.9 Å². The van der Waals surface area contributed by atoms with Crippen LogP contribution in [-0.2, 0) is 0 Å². The number of hydrogen-bond acceptors (Lipinski definition) is 5. The maximum Gasteiger partial charge on any atom is 0.172 e. The van der Waals surface area contributed by atoms with E-state index >= 15 is 0 Å². The second-order valence-corrected chi connectivity index (χ2v) is 5.58. The van der Waals surface area contributed by atoms with Gasteiger partial charge in [0.05, 0.1) is 24.2 Å². The van der Waals surface area contributed by atoms with E-state index in [1.54, 1.807) is 20.2 Å². The van der Waals surface area contributed by atoms with Crippen LogP contribution in [0.3, 0.4) is 0 Å². The summed E-state index contributed by atoms with van der Waals surface area (Å²) in [6.45, 7) is 1.73. The SMILES string of the molecule is COc1ccc2nc(Sc3ncccc3[C@H](C)O)[nH]c2c1. The standard InChI is InChI=1S/C15H15N3O2S/c1-9(19)11-4-3-7-16-14(11)21-15-17-12-6-5-10(20-2)8-13(12)18-15/h3-9,19H,1-2H3,(H,17,18)/t9-/m0/s1. The lowest BCUT2D eigenvalue weighted by atomic mass is 10.2. The van der Waals surface area contributed by atoms with Gasteiger partial charge in [0.2, 0.25) is 0 Å². The average Bonchev–Trinajstić information content (AvgIpc) is 2.88. The molecule has 0 unspecified atom stereocenters. The third-order valence-corrected chi connectivity index (χ3v) is 4.03. The summed E-state index contributed by atoms with van der Waals surface area (Å²) >= 11 is 1.40. The van der Waals surface area contributed by atoms with Gasteiger partial charge in [0.1, 0.15) is 10.8 Å². The van der Waals surface area contributed by atoms with Crippen LogP contribution in [0.25, 0.3) is 11.0 Å². The van der Waals surface area contributed by atoms with Crippen LogP contribution in [0.15, 0.2) is 46.7 Å². The van der Waals surface area contributed by atoms with Crippen molar-refractivity contribution in [2.75, 3.05) is 7.11 Å². The molecular formula is C15H15N3O2S. The van der Waals surface area contributed by atoms with Gasteiger partial charge in [0.15, 0.2) is 5.16 Å². The highest BCUT2D eigenvalue weighted by molar-refractivity contribution is 7.99. The van der Waals surface area contributed by atoms with Crippen molar-refractivity contribution >= 4 is 22.8 Å². The summed E-state index contributed by atoms with van der Waals surface area (Å²) in [7, 11) is 1.63. The van der Waals surface area contributed by atoms with Crippen LogP contribution < -0.4 is 4.74 Å². The second-order valence-electron chi connectivity index (χ2n) is 4.60. The van der Waals surface area contributed by atoms with Crippen molar-refractivity contribution in [3.8, 4) is 5.75 Å². The number of imidazole rings is 1. The number of aromatic amines is 1. The second kappa shape index (κ2) is 5.75. The van der Waals surface area contributed by atoms with Gasteiger partial charge in [-0.3, -0.25) is 0 Å². The van der Waals surface area contributed by atoms with Gasteiger partial charge >= 0.3 is 0 Å². The Bertz CT molecular complexity index is 770. The summed E-state index contributed by atoms with van der Waals surface area (Å²) in [4.78, 5) is 12.1. The van der Waals surface area contributed by atoms with Gasteiger partial charge in [-0.25, -0.2) is 9.97 Å². The van der Waals surface area contributed by atoms with Crippen LogP contribution in [0.2, 0.25) is 0 Å². The average molecular weight is 301 g/mol. The first-order valence-electron chi connectivity index (χ1n) is 6.52. The Hall–Kier alpha value is -2.05. The number of H-pyrrole nitrogens is 1. The normalized spacial score (nSPS) is 12.5. The zero-order valence-corrected chi connectivity index (χ0v) is 12.5. The van der Waals surface area contributed by atoms with Crippen LogP contribution in [0.5, 0.6) is 5.75 Å². The molecule has 1 aromatic carbocycles. The molecule has 0 aliphatic rings. The summed E-state index contributed by atoms with van der Waals surface area (Å²) in [5.41, 5.74) is 2.57. The van der Waals surface area contributed by atoms with Crippen molar-refractivity contribution in [3.05, 3.63) is 42.1 Å². The summed E-state index contributed by atoms with van der Waals surface area (Å²) in [5.74, 6) is 0.783. The molecule has 0 radical (unpaired) electrons. The molecule has 6 heteroatoms. The first-order chi connectivity index (χ1) is 10.2. The van der Waals surface area contributed by atoms with E-state index in [1.807, 2.05) is 30.3 Å². The molecule has 1 atom stereocenters. The molecular weight excluding hydrogens is 286 g/mol. The zero-order valence-electron chi connectivity index (χ0n) is 11.7. The predicted octanol–water partition coefficient (Wildman–Crippen LogP) is 3.17. The summed E-state index contributed by atoms with van der Waals surface area (Å²) < 4.78 is 5.20. The smallest absolute Gasteiger partial charge is 0.172 e.